The van der Waals surface area contributed by atoms with Gasteiger partial charge in [0.25, 0.3) is 5.91 Å². The van der Waals surface area contributed by atoms with Crippen molar-refractivity contribution in [3.8, 4) is 11.5 Å². The highest BCUT2D eigenvalue weighted by atomic mass is 35.5. The van der Waals surface area contributed by atoms with Crippen LogP contribution in [0.2, 0.25) is 10.0 Å². The van der Waals surface area contributed by atoms with E-state index in [9.17, 15) is 9.59 Å². The van der Waals surface area contributed by atoms with Crippen molar-refractivity contribution >= 4 is 41.3 Å². The number of amides is 1. The molecule has 0 aliphatic heterocycles. The van der Waals surface area contributed by atoms with Gasteiger partial charge in [0.05, 0.1) is 16.8 Å². The summed E-state index contributed by atoms with van der Waals surface area (Å²) in [6.45, 7) is 1.90. The van der Waals surface area contributed by atoms with Crippen LogP contribution in [0.15, 0.2) is 71.8 Å². The van der Waals surface area contributed by atoms with Gasteiger partial charge < -0.3 is 9.47 Å². The number of esters is 1. The Hall–Kier alpha value is -3.35. The maximum absolute atomic E-state index is 12.3. The Morgan fingerprint density at radius 1 is 1.00 bits per heavy atom. The van der Waals surface area contributed by atoms with Gasteiger partial charge in [-0.05, 0) is 60.0 Å². The highest BCUT2D eigenvalue weighted by molar-refractivity contribution is 6.36. The molecule has 3 rings (SSSR count). The molecular formula is C24H20Cl2N2O4. The fraction of sp³-hybridized carbons (Fsp3) is 0.125. The third-order valence-corrected chi connectivity index (χ3v) is 4.87. The van der Waals surface area contributed by atoms with Crippen molar-refractivity contribution in [3.63, 3.8) is 0 Å². The molecule has 0 spiro atoms. The first-order valence-corrected chi connectivity index (χ1v) is 10.5. The number of hydrogen-bond donors (Lipinski definition) is 1. The largest absolute Gasteiger partial charge is 0.484 e. The first kappa shape index (κ1) is 23.3. The van der Waals surface area contributed by atoms with E-state index in [0.717, 1.165) is 6.42 Å². The molecular weight excluding hydrogens is 451 g/mol. The van der Waals surface area contributed by atoms with Crippen molar-refractivity contribution in [1.29, 1.82) is 0 Å². The Morgan fingerprint density at radius 3 is 2.50 bits per heavy atom. The molecule has 0 aliphatic carbocycles. The topological polar surface area (TPSA) is 77.0 Å². The minimum atomic E-state index is -0.613. The summed E-state index contributed by atoms with van der Waals surface area (Å²) in [6, 6.07) is 18.7. The van der Waals surface area contributed by atoms with Gasteiger partial charge in [-0.25, -0.2) is 10.2 Å². The smallest absolute Gasteiger partial charge is 0.345 e. The first-order valence-electron chi connectivity index (χ1n) is 9.75. The number of aryl methyl sites for hydroxylation is 1. The van der Waals surface area contributed by atoms with E-state index in [1.807, 2.05) is 24.3 Å². The second-order valence-corrected chi connectivity index (χ2v) is 7.51. The number of carbonyl (C=O) groups is 2. The molecule has 0 unspecified atom stereocenters. The van der Waals surface area contributed by atoms with E-state index < -0.39 is 11.9 Å². The zero-order valence-electron chi connectivity index (χ0n) is 17.2. The van der Waals surface area contributed by atoms with Crippen LogP contribution in [0.3, 0.4) is 0 Å². The maximum Gasteiger partial charge on any atom is 0.345 e. The Kier molecular flexibility index (Phi) is 8.25. The lowest BCUT2D eigenvalue weighted by Gasteiger charge is -2.07. The third kappa shape index (κ3) is 6.83. The van der Waals surface area contributed by atoms with E-state index in [1.54, 1.807) is 30.3 Å². The lowest BCUT2D eigenvalue weighted by molar-refractivity contribution is -0.123. The molecule has 0 atom stereocenters. The number of nitrogens with one attached hydrogen (secondary N) is 1. The van der Waals surface area contributed by atoms with Crippen LogP contribution in [0.25, 0.3) is 0 Å². The molecule has 1 amide bonds. The zero-order chi connectivity index (χ0) is 22.9. The van der Waals surface area contributed by atoms with Gasteiger partial charge in [-0.1, -0.05) is 54.4 Å². The Bertz CT molecular complexity index is 1130. The van der Waals surface area contributed by atoms with Gasteiger partial charge in [0.1, 0.15) is 11.5 Å². The van der Waals surface area contributed by atoms with E-state index in [1.165, 1.54) is 23.9 Å². The predicted molar refractivity (Wildman–Crippen MR) is 125 cm³/mol. The molecule has 0 heterocycles. The number of rotatable bonds is 8. The van der Waals surface area contributed by atoms with Gasteiger partial charge in [0.2, 0.25) is 0 Å². The summed E-state index contributed by atoms with van der Waals surface area (Å²) in [5.41, 5.74) is 4.40. The minimum absolute atomic E-state index is 0.164. The molecule has 0 aromatic heterocycles. The lowest BCUT2D eigenvalue weighted by atomic mass is 10.2. The summed E-state index contributed by atoms with van der Waals surface area (Å²) in [4.78, 5) is 24.2. The summed E-state index contributed by atoms with van der Waals surface area (Å²) in [5, 5.41) is 4.53. The molecule has 1 N–H and O–H groups in total. The van der Waals surface area contributed by atoms with Crippen molar-refractivity contribution in [2.45, 2.75) is 13.3 Å². The molecule has 0 saturated heterocycles. The van der Waals surface area contributed by atoms with Crippen LogP contribution in [-0.4, -0.2) is 24.7 Å². The van der Waals surface area contributed by atoms with Crippen LogP contribution in [0, 0.1) is 0 Å². The van der Waals surface area contributed by atoms with Gasteiger partial charge in [0.15, 0.2) is 6.61 Å². The van der Waals surface area contributed by atoms with Crippen LogP contribution in [0.5, 0.6) is 11.5 Å². The van der Waals surface area contributed by atoms with Crippen LogP contribution >= 0.6 is 23.2 Å². The molecule has 0 bridgehead atoms. The highest BCUT2D eigenvalue weighted by Gasteiger charge is 2.13. The molecule has 0 fully saturated rings. The van der Waals surface area contributed by atoms with E-state index in [4.69, 9.17) is 32.7 Å². The zero-order valence-corrected chi connectivity index (χ0v) is 18.7. The van der Waals surface area contributed by atoms with Crippen molar-refractivity contribution in [1.82, 2.24) is 5.43 Å². The molecule has 0 radical (unpaired) electrons. The number of benzene rings is 3. The molecule has 8 heteroatoms. The Balaban J connectivity index is 1.52. The van der Waals surface area contributed by atoms with Crippen LogP contribution < -0.4 is 14.9 Å². The van der Waals surface area contributed by atoms with Gasteiger partial charge in [0, 0.05) is 5.02 Å². The number of nitrogens with zero attached hydrogens (tertiary/aromatic N) is 1. The second-order valence-electron chi connectivity index (χ2n) is 6.67. The molecule has 0 saturated carbocycles. The van der Waals surface area contributed by atoms with Crippen molar-refractivity contribution < 1.29 is 19.1 Å². The average Bonchev–Trinajstić information content (AvgIpc) is 2.78. The number of hydrogen-bond acceptors (Lipinski definition) is 5. The van der Waals surface area contributed by atoms with Crippen molar-refractivity contribution in [2.24, 2.45) is 5.10 Å². The normalized spacial score (nSPS) is 10.7. The second kappa shape index (κ2) is 11.3. The molecule has 164 valence electrons. The summed E-state index contributed by atoms with van der Waals surface area (Å²) < 4.78 is 10.8. The van der Waals surface area contributed by atoms with E-state index >= 15 is 0 Å². The molecule has 32 heavy (non-hydrogen) atoms. The van der Waals surface area contributed by atoms with Crippen LogP contribution in [-0.2, 0) is 11.2 Å². The third-order valence-electron chi connectivity index (χ3n) is 4.32. The monoisotopic (exact) mass is 470 g/mol. The lowest BCUT2D eigenvalue weighted by Crippen LogP contribution is -2.24. The quantitative estimate of drug-likeness (QED) is 0.209. The van der Waals surface area contributed by atoms with Gasteiger partial charge in [-0.2, -0.15) is 5.10 Å². The summed E-state index contributed by atoms with van der Waals surface area (Å²) in [7, 11) is 0. The first-order chi connectivity index (χ1) is 15.4. The SMILES string of the molecule is CCc1ccc(OCC(=O)N/N=C/c2cccc(OC(=O)c3ccc(Cl)cc3Cl)c2)cc1. The molecule has 6 nitrogen and oxygen atoms in total. The molecule has 0 aliphatic rings. The van der Waals surface area contributed by atoms with Crippen LogP contribution in [0.1, 0.15) is 28.4 Å². The molecule has 3 aromatic carbocycles. The van der Waals surface area contributed by atoms with Crippen LogP contribution in [0.4, 0.5) is 0 Å². The maximum atomic E-state index is 12.3. The average molecular weight is 471 g/mol. The van der Waals surface area contributed by atoms with E-state index in [2.05, 4.69) is 17.5 Å². The van der Waals surface area contributed by atoms with Gasteiger partial charge in [-0.15, -0.1) is 0 Å². The number of ether oxygens (including phenoxy) is 2. The Labute approximate surface area is 195 Å². The predicted octanol–water partition coefficient (Wildman–Crippen LogP) is 5.30. The van der Waals surface area contributed by atoms with E-state index in [-0.39, 0.29) is 17.2 Å². The van der Waals surface area contributed by atoms with Gasteiger partial charge >= 0.3 is 5.97 Å². The number of carbonyl (C=O) groups excluding carboxylic acids is 2. The van der Waals surface area contributed by atoms with Gasteiger partial charge in [-0.3, -0.25) is 4.79 Å². The fourth-order valence-electron chi connectivity index (χ4n) is 2.66. The van der Waals surface area contributed by atoms with Crippen molar-refractivity contribution in [3.05, 3.63) is 93.5 Å². The number of halogens is 2. The van der Waals surface area contributed by atoms with E-state index in [0.29, 0.717) is 22.1 Å². The van der Waals surface area contributed by atoms with Crippen molar-refractivity contribution in [2.75, 3.05) is 6.61 Å². The molecule has 3 aromatic rings. The summed E-state index contributed by atoms with van der Waals surface area (Å²) >= 11 is 11.9. The highest BCUT2D eigenvalue weighted by Crippen LogP contribution is 2.23. The summed E-state index contributed by atoms with van der Waals surface area (Å²) in [6.07, 6.45) is 2.37. The fourth-order valence-corrected chi connectivity index (χ4v) is 3.14. The Morgan fingerprint density at radius 2 is 1.78 bits per heavy atom. The minimum Gasteiger partial charge on any atom is -0.484 e. The standard InChI is InChI=1S/C24H20Cl2N2O4/c1-2-16-6-9-19(10-7-16)31-15-23(29)28-27-14-17-4-3-5-20(12-17)32-24(30)21-11-8-18(25)13-22(21)26/h3-14H,2,15H2,1H3,(H,28,29)/b27-14+. The summed E-state index contributed by atoms with van der Waals surface area (Å²) in [5.74, 6) is -0.106. The number of hydrazone groups is 1.